The van der Waals surface area contributed by atoms with Crippen LogP contribution >= 0.6 is 0 Å². The van der Waals surface area contributed by atoms with Gasteiger partial charge < -0.3 is 4.42 Å². The molecular formula is C18H15N5O3. The minimum absolute atomic E-state index is 0.0998. The summed E-state index contributed by atoms with van der Waals surface area (Å²) in [5, 5.41) is 4.57. The van der Waals surface area contributed by atoms with Crippen LogP contribution in [0.25, 0.3) is 16.7 Å². The third-order valence-corrected chi connectivity index (χ3v) is 4.19. The van der Waals surface area contributed by atoms with Crippen LogP contribution in [0.15, 0.2) is 58.3 Å². The van der Waals surface area contributed by atoms with E-state index in [1.165, 1.54) is 30.4 Å². The van der Waals surface area contributed by atoms with Crippen molar-refractivity contribution >= 4 is 16.9 Å². The van der Waals surface area contributed by atoms with E-state index in [4.69, 9.17) is 4.42 Å². The summed E-state index contributed by atoms with van der Waals surface area (Å²) in [4.78, 5) is 29.0. The summed E-state index contributed by atoms with van der Waals surface area (Å²) in [5.41, 5.74) is 5.53. The Morgan fingerprint density at radius 3 is 2.77 bits per heavy atom. The monoisotopic (exact) mass is 349 g/mol. The van der Waals surface area contributed by atoms with Gasteiger partial charge in [-0.25, -0.2) is 14.3 Å². The highest BCUT2D eigenvalue weighted by atomic mass is 16.3. The molecule has 0 unspecified atom stereocenters. The summed E-state index contributed by atoms with van der Waals surface area (Å²) in [6, 6.07) is 8.98. The Morgan fingerprint density at radius 2 is 2.04 bits per heavy atom. The maximum Gasteiger partial charge on any atom is 0.305 e. The first-order valence-corrected chi connectivity index (χ1v) is 7.92. The Morgan fingerprint density at radius 1 is 1.19 bits per heavy atom. The summed E-state index contributed by atoms with van der Waals surface area (Å²) in [6.45, 7) is 4.04. The van der Waals surface area contributed by atoms with E-state index >= 15 is 0 Å². The number of aromatic nitrogens is 4. The Balaban J connectivity index is 1.74. The SMILES string of the molecule is Cc1ccc(-n2ncc3c(=O)n(NC(=O)c4ccco4)cnc32)cc1C. The molecule has 0 radical (unpaired) electrons. The van der Waals surface area contributed by atoms with E-state index in [-0.39, 0.29) is 5.76 Å². The number of fused-ring (bicyclic) bond motifs is 1. The van der Waals surface area contributed by atoms with Crippen LogP contribution in [0, 0.1) is 13.8 Å². The lowest BCUT2D eigenvalue weighted by Gasteiger charge is -2.08. The molecule has 8 nitrogen and oxygen atoms in total. The number of nitrogens with zero attached hydrogens (tertiary/aromatic N) is 4. The fourth-order valence-electron chi connectivity index (χ4n) is 2.61. The molecule has 0 spiro atoms. The van der Waals surface area contributed by atoms with Crippen molar-refractivity contribution in [3.8, 4) is 5.69 Å². The number of aryl methyl sites for hydroxylation is 2. The van der Waals surface area contributed by atoms with E-state index in [0.29, 0.717) is 11.0 Å². The molecule has 0 aliphatic heterocycles. The van der Waals surface area contributed by atoms with E-state index in [2.05, 4.69) is 15.5 Å². The van der Waals surface area contributed by atoms with Crippen molar-refractivity contribution < 1.29 is 9.21 Å². The average molecular weight is 349 g/mol. The molecule has 3 aromatic heterocycles. The average Bonchev–Trinajstić information content (AvgIpc) is 3.29. The minimum atomic E-state index is -0.542. The van der Waals surface area contributed by atoms with Crippen molar-refractivity contribution in [2.45, 2.75) is 13.8 Å². The van der Waals surface area contributed by atoms with Crippen LogP contribution in [0.3, 0.4) is 0 Å². The number of carbonyl (C=O) groups excluding carboxylic acids is 1. The minimum Gasteiger partial charge on any atom is -0.459 e. The lowest BCUT2D eigenvalue weighted by molar-refractivity contribution is 0.0980. The molecule has 8 heteroatoms. The van der Waals surface area contributed by atoms with Crippen LogP contribution in [0.2, 0.25) is 0 Å². The van der Waals surface area contributed by atoms with Gasteiger partial charge in [0.1, 0.15) is 11.7 Å². The van der Waals surface area contributed by atoms with Crippen LogP contribution in [0.4, 0.5) is 0 Å². The van der Waals surface area contributed by atoms with Crippen LogP contribution in [0.1, 0.15) is 21.7 Å². The molecule has 0 aliphatic rings. The summed E-state index contributed by atoms with van der Waals surface area (Å²) in [5.74, 6) is -0.442. The highest BCUT2D eigenvalue weighted by Gasteiger charge is 2.14. The van der Waals surface area contributed by atoms with Gasteiger partial charge in [-0.1, -0.05) is 6.07 Å². The molecule has 1 amide bonds. The second kappa shape index (κ2) is 5.99. The largest absolute Gasteiger partial charge is 0.459 e. The predicted octanol–water partition coefficient (Wildman–Crippen LogP) is 2.18. The quantitative estimate of drug-likeness (QED) is 0.612. The lowest BCUT2D eigenvalue weighted by atomic mass is 10.1. The van der Waals surface area contributed by atoms with Gasteiger partial charge in [-0.2, -0.15) is 5.10 Å². The van der Waals surface area contributed by atoms with Gasteiger partial charge >= 0.3 is 5.91 Å². The highest BCUT2D eigenvalue weighted by Crippen LogP contribution is 2.17. The van der Waals surface area contributed by atoms with E-state index in [1.807, 2.05) is 32.0 Å². The molecular weight excluding hydrogens is 334 g/mol. The molecule has 4 aromatic rings. The highest BCUT2D eigenvalue weighted by molar-refractivity contribution is 5.97. The number of amides is 1. The van der Waals surface area contributed by atoms with Crippen LogP contribution in [0.5, 0.6) is 0 Å². The van der Waals surface area contributed by atoms with Gasteiger partial charge in [0, 0.05) is 0 Å². The van der Waals surface area contributed by atoms with E-state index in [1.54, 1.807) is 10.7 Å². The Labute approximate surface area is 147 Å². The zero-order chi connectivity index (χ0) is 18.3. The smallest absolute Gasteiger partial charge is 0.305 e. The molecule has 3 heterocycles. The van der Waals surface area contributed by atoms with Gasteiger partial charge in [-0.3, -0.25) is 15.0 Å². The van der Waals surface area contributed by atoms with Gasteiger partial charge in [0.05, 0.1) is 18.1 Å². The maximum atomic E-state index is 12.6. The Bertz CT molecular complexity index is 1170. The molecule has 130 valence electrons. The van der Waals surface area contributed by atoms with Crippen LogP contribution < -0.4 is 11.0 Å². The molecule has 0 fully saturated rings. The van der Waals surface area contributed by atoms with Gasteiger partial charge in [-0.05, 0) is 49.2 Å². The zero-order valence-electron chi connectivity index (χ0n) is 14.1. The third kappa shape index (κ3) is 2.57. The number of hydrogen-bond acceptors (Lipinski definition) is 5. The molecule has 1 N–H and O–H groups in total. The van der Waals surface area contributed by atoms with Crippen LogP contribution in [-0.2, 0) is 0 Å². The number of rotatable bonds is 3. The van der Waals surface area contributed by atoms with Gasteiger partial charge in [0.15, 0.2) is 11.4 Å². The van der Waals surface area contributed by atoms with E-state index in [9.17, 15) is 9.59 Å². The summed E-state index contributed by atoms with van der Waals surface area (Å²) >= 11 is 0. The normalized spacial score (nSPS) is 11.0. The topological polar surface area (TPSA) is 95.0 Å². The number of benzene rings is 1. The third-order valence-electron chi connectivity index (χ3n) is 4.19. The van der Waals surface area contributed by atoms with Crippen LogP contribution in [-0.4, -0.2) is 25.3 Å². The number of furan rings is 1. The zero-order valence-corrected chi connectivity index (χ0v) is 14.1. The fraction of sp³-hybridized carbons (Fsp3) is 0.111. The summed E-state index contributed by atoms with van der Waals surface area (Å²) < 4.78 is 7.63. The first kappa shape index (κ1) is 15.8. The molecule has 4 rings (SSSR count). The van der Waals surface area contributed by atoms with Crippen molar-refractivity contribution in [3.63, 3.8) is 0 Å². The molecule has 0 atom stereocenters. The molecule has 0 saturated carbocycles. The standard InChI is InChI=1S/C18H15N5O3/c1-11-5-6-13(8-12(11)2)23-16-14(9-20-23)18(25)22(10-19-16)21-17(24)15-4-3-7-26-15/h3-10H,1-2H3,(H,21,24). The summed E-state index contributed by atoms with van der Waals surface area (Å²) in [6.07, 6.45) is 4.08. The summed E-state index contributed by atoms with van der Waals surface area (Å²) in [7, 11) is 0. The van der Waals surface area contributed by atoms with E-state index < -0.39 is 11.5 Å². The van der Waals surface area contributed by atoms with E-state index in [0.717, 1.165) is 15.9 Å². The fourth-order valence-corrected chi connectivity index (χ4v) is 2.61. The van der Waals surface area contributed by atoms with Gasteiger partial charge in [0.2, 0.25) is 0 Å². The van der Waals surface area contributed by atoms with Gasteiger partial charge in [0.25, 0.3) is 5.56 Å². The molecule has 0 bridgehead atoms. The van der Waals surface area contributed by atoms with Crippen molar-refractivity contribution in [1.82, 2.24) is 19.4 Å². The second-order valence-electron chi connectivity index (χ2n) is 5.90. The molecule has 1 aromatic carbocycles. The number of carbonyl (C=O) groups is 1. The number of hydrogen-bond donors (Lipinski definition) is 1. The maximum absolute atomic E-state index is 12.6. The molecule has 0 aliphatic carbocycles. The Kier molecular flexibility index (Phi) is 3.65. The lowest BCUT2D eigenvalue weighted by Crippen LogP contribution is -2.33. The van der Waals surface area contributed by atoms with Crippen molar-refractivity contribution in [1.29, 1.82) is 0 Å². The Hall–Kier alpha value is -3.68. The van der Waals surface area contributed by atoms with Gasteiger partial charge in [-0.15, -0.1) is 0 Å². The van der Waals surface area contributed by atoms with Crippen molar-refractivity contribution in [2.75, 3.05) is 5.43 Å². The van der Waals surface area contributed by atoms with Crippen molar-refractivity contribution in [3.05, 3.63) is 76.4 Å². The molecule has 26 heavy (non-hydrogen) atoms. The van der Waals surface area contributed by atoms with Crippen molar-refractivity contribution in [2.24, 2.45) is 0 Å². The second-order valence-corrected chi connectivity index (χ2v) is 5.90. The molecule has 0 saturated heterocycles. The first-order valence-electron chi connectivity index (χ1n) is 7.92. The predicted molar refractivity (Wildman–Crippen MR) is 95.0 cm³/mol. The number of nitrogens with one attached hydrogen (secondary N) is 1. The first-order chi connectivity index (χ1) is 12.5.